The SMILES string of the molecule is CCC(NC(=O)Cc1ccccc1)C(=NNC(N)=S)c1ccccc1. The molecule has 0 spiro atoms. The number of thiocarbonyl (C=S) groups is 1. The third-order valence-electron chi connectivity index (χ3n) is 3.64. The van der Waals surface area contributed by atoms with E-state index >= 15 is 0 Å². The molecule has 0 aliphatic heterocycles. The van der Waals surface area contributed by atoms with Crippen molar-refractivity contribution in [3.63, 3.8) is 0 Å². The molecule has 0 fully saturated rings. The molecule has 0 saturated heterocycles. The smallest absolute Gasteiger partial charge is 0.224 e. The Hall–Kier alpha value is -2.73. The summed E-state index contributed by atoms with van der Waals surface area (Å²) in [7, 11) is 0. The summed E-state index contributed by atoms with van der Waals surface area (Å²) in [6, 6.07) is 19.0. The molecule has 0 heterocycles. The van der Waals surface area contributed by atoms with E-state index in [1.54, 1.807) is 0 Å². The van der Waals surface area contributed by atoms with E-state index in [0.717, 1.165) is 11.1 Å². The van der Waals surface area contributed by atoms with Crippen LogP contribution in [0.1, 0.15) is 24.5 Å². The second-order valence-corrected chi connectivity index (χ2v) is 5.97. The van der Waals surface area contributed by atoms with Crippen LogP contribution >= 0.6 is 12.2 Å². The van der Waals surface area contributed by atoms with Crippen LogP contribution in [0, 0.1) is 0 Å². The first-order chi connectivity index (χ1) is 12.1. The molecule has 0 saturated carbocycles. The predicted molar refractivity (Wildman–Crippen MR) is 105 cm³/mol. The third kappa shape index (κ3) is 6.00. The number of benzene rings is 2. The topological polar surface area (TPSA) is 79.5 Å². The van der Waals surface area contributed by atoms with Crippen molar-refractivity contribution in [3.8, 4) is 0 Å². The molecule has 0 radical (unpaired) electrons. The van der Waals surface area contributed by atoms with Crippen molar-refractivity contribution in [2.45, 2.75) is 25.8 Å². The maximum atomic E-state index is 12.4. The minimum absolute atomic E-state index is 0.0583. The molecule has 2 aromatic rings. The highest BCUT2D eigenvalue weighted by atomic mass is 32.1. The van der Waals surface area contributed by atoms with Crippen molar-refractivity contribution in [1.82, 2.24) is 10.7 Å². The minimum atomic E-state index is -0.250. The van der Waals surface area contributed by atoms with Gasteiger partial charge in [0.1, 0.15) is 0 Å². The van der Waals surface area contributed by atoms with Crippen LogP contribution in [0.4, 0.5) is 0 Å². The summed E-state index contributed by atoms with van der Waals surface area (Å²) in [5.41, 5.74) is 10.7. The van der Waals surface area contributed by atoms with Crippen molar-refractivity contribution >= 4 is 28.9 Å². The Balaban J connectivity index is 2.16. The van der Waals surface area contributed by atoms with Gasteiger partial charge in [-0.3, -0.25) is 10.2 Å². The highest BCUT2D eigenvalue weighted by Crippen LogP contribution is 2.08. The van der Waals surface area contributed by atoms with Crippen molar-refractivity contribution in [2.75, 3.05) is 0 Å². The number of hydrogen-bond acceptors (Lipinski definition) is 3. The molecule has 1 atom stereocenters. The lowest BCUT2D eigenvalue weighted by Crippen LogP contribution is -2.42. The van der Waals surface area contributed by atoms with Crippen molar-refractivity contribution in [1.29, 1.82) is 0 Å². The molecule has 2 aromatic carbocycles. The van der Waals surface area contributed by atoms with Gasteiger partial charge in [-0.05, 0) is 29.8 Å². The van der Waals surface area contributed by atoms with Crippen LogP contribution in [-0.4, -0.2) is 22.8 Å². The molecule has 25 heavy (non-hydrogen) atoms. The molecular weight excluding hydrogens is 332 g/mol. The van der Waals surface area contributed by atoms with Gasteiger partial charge in [0.2, 0.25) is 5.91 Å². The Morgan fingerprint density at radius 1 is 1.12 bits per heavy atom. The molecule has 0 aliphatic rings. The van der Waals surface area contributed by atoms with Crippen LogP contribution in [0.25, 0.3) is 0 Å². The number of carbonyl (C=O) groups is 1. The molecule has 4 N–H and O–H groups in total. The summed E-state index contributed by atoms with van der Waals surface area (Å²) in [5, 5.41) is 7.44. The maximum Gasteiger partial charge on any atom is 0.224 e. The number of nitrogens with two attached hydrogens (primary N) is 1. The van der Waals surface area contributed by atoms with Gasteiger partial charge in [0, 0.05) is 0 Å². The minimum Gasteiger partial charge on any atom is -0.375 e. The first-order valence-corrected chi connectivity index (χ1v) is 8.52. The van der Waals surface area contributed by atoms with Gasteiger partial charge < -0.3 is 11.1 Å². The zero-order chi connectivity index (χ0) is 18.1. The average molecular weight is 354 g/mol. The lowest BCUT2D eigenvalue weighted by molar-refractivity contribution is -0.120. The van der Waals surface area contributed by atoms with Gasteiger partial charge >= 0.3 is 0 Å². The van der Waals surface area contributed by atoms with E-state index in [-0.39, 0.29) is 17.1 Å². The van der Waals surface area contributed by atoms with Gasteiger partial charge in [0.15, 0.2) is 5.11 Å². The summed E-state index contributed by atoms with van der Waals surface area (Å²) >= 11 is 4.83. The van der Waals surface area contributed by atoms with E-state index in [9.17, 15) is 4.79 Å². The Morgan fingerprint density at radius 3 is 2.28 bits per heavy atom. The molecule has 6 heteroatoms. The Kier molecular flexibility index (Phi) is 7.10. The van der Waals surface area contributed by atoms with Gasteiger partial charge in [0.25, 0.3) is 0 Å². The molecule has 0 aromatic heterocycles. The number of hydrogen-bond donors (Lipinski definition) is 3. The van der Waals surface area contributed by atoms with Gasteiger partial charge in [-0.15, -0.1) is 0 Å². The summed E-state index contributed by atoms with van der Waals surface area (Å²) < 4.78 is 0. The fraction of sp³-hybridized carbons (Fsp3) is 0.211. The number of carbonyl (C=O) groups excluding carboxylic acids is 1. The quantitative estimate of drug-likeness (QED) is 0.405. The molecular formula is C19H22N4OS. The highest BCUT2D eigenvalue weighted by molar-refractivity contribution is 7.80. The molecule has 0 bridgehead atoms. The van der Waals surface area contributed by atoms with Crippen molar-refractivity contribution in [2.24, 2.45) is 10.8 Å². The summed E-state index contributed by atoms with van der Waals surface area (Å²) in [4.78, 5) is 12.4. The van der Waals surface area contributed by atoms with Crippen LogP contribution in [0.15, 0.2) is 65.8 Å². The third-order valence-corrected chi connectivity index (χ3v) is 3.73. The van der Waals surface area contributed by atoms with E-state index in [4.69, 9.17) is 18.0 Å². The van der Waals surface area contributed by atoms with Crippen LogP contribution in [0.2, 0.25) is 0 Å². The van der Waals surface area contributed by atoms with Gasteiger partial charge in [0.05, 0.1) is 18.2 Å². The Morgan fingerprint density at radius 2 is 1.72 bits per heavy atom. The predicted octanol–water partition coefficient (Wildman–Crippen LogP) is 2.36. The van der Waals surface area contributed by atoms with Crippen LogP contribution in [0.5, 0.6) is 0 Å². The van der Waals surface area contributed by atoms with E-state index in [0.29, 0.717) is 18.6 Å². The number of nitrogens with one attached hydrogen (secondary N) is 2. The second-order valence-electron chi connectivity index (χ2n) is 5.53. The molecule has 0 aliphatic carbocycles. The van der Waals surface area contributed by atoms with E-state index < -0.39 is 0 Å². The summed E-state index contributed by atoms with van der Waals surface area (Å²) in [5.74, 6) is -0.0583. The van der Waals surface area contributed by atoms with Crippen molar-refractivity contribution < 1.29 is 4.79 Å². The molecule has 1 amide bonds. The Bertz CT molecular complexity index is 732. The first-order valence-electron chi connectivity index (χ1n) is 8.12. The van der Waals surface area contributed by atoms with Gasteiger partial charge in [-0.1, -0.05) is 67.6 Å². The second kappa shape index (κ2) is 9.54. The summed E-state index contributed by atoms with van der Waals surface area (Å²) in [6.07, 6.45) is 1.01. The average Bonchev–Trinajstić information content (AvgIpc) is 2.62. The van der Waals surface area contributed by atoms with E-state index in [2.05, 4.69) is 15.8 Å². The number of rotatable bonds is 7. The van der Waals surface area contributed by atoms with Crippen LogP contribution < -0.4 is 16.5 Å². The number of amides is 1. The standard InChI is InChI=1S/C19H22N4OS/c1-2-16(21-17(24)13-14-9-5-3-6-10-14)18(22-23-19(20)25)15-11-7-4-8-12-15/h3-12,16H,2,13H2,1H3,(H,21,24)(H3,20,23,25). The van der Waals surface area contributed by atoms with Crippen LogP contribution in [-0.2, 0) is 11.2 Å². The first kappa shape index (κ1) is 18.6. The lowest BCUT2D eigenvalue weighted by atomic mass is 10.0. The summed E-state index contributed by atoms with van der Waals surface area (Å²) in [6.45, 7) is 1.99. The zero-order valence-corrected chi connectivity index (χ0v) is 14.9. The fourth-order valence-corrected chi connectivity index (χ4v) is 2.50. The molecule has 2 rings (SSSR count). The number of hydrazone groups is 1. The van der Waals surface area contributed by atoms with Gasteiger partial charge in [-0.2, -0.15) is 5.10 Å². The largest absolute Gasteiger partial charge is 0.375 e. The lowest BCUT2D eigenvalue weighted by Gasteiger charge is -2.20. The van der Waals surface area contributed by atoms with E-state index in [1.807, 2.05) is 67.6 Å². The molecule has 1 unspecified atom stereocenters. The Labute approximate surface area is 153 Å². The molecule has 130 valence electrons. The van der Waals surface area contributed by atoms with Gasteiger partial charge in [-0.25, -0.2) is 0 Å². The van der Waals surface area contributed by atoms with Crippen LogP contribution in [0.3, 0.4) is 0 Å². The van der Waals surface area contributed by atoms with Crippen molar-refractivity contribution in [3.05, 3.63) is 71.8 Å². The monoisotopic (exact) mass is 354 g/mol. The normalized spacial score (nSPS) is 12.3. The zero-order valence-electron chi connectivity index (χ0n) is 14.1. The van der Waals surface area contributed by atoms with E-state index in [1.165, 1.54) is 0 Å². The number of nitrogens with zero attached hydrogens (tertiary/aromatic N) is 1. The maximum absolute atomic E-state index is 12.4. The highest BCUT2D eigenvalue weighted by Gasteiger charge is 2.19. The molecule has 5 nitrogen and oxygen atoms in total. The fourth-order valence-electron chi connectivity index (χ4n) is 2.46.